The van der Waals surface area contributed by atoms with E-state index in [2.05, 4.69) is 39.6 Å². The molecule has 4 rings (SSSR count). The van der Waals surface area contributed by atoms with E-state index in [-0.39, 0.29) is 6.10 Å². The van der Waals surface area contributed by atoms with Crippen molar-refractivity contribution in [1.29, 1.82) is 0 Å². The fourth-order valence-corrected chi connectivity index (χ4v) is 3.04. The number of nitrogens with one attached hydrogen (secondary N) is 2. The van der Waals surface area contributed by atoms with Crippen molar-refractivity contribution in [3.8, 4) is 0 Å². The third-order valence-corrected chi connectivity index (χ3v) is 4.19. The van der Waals surface area contributed by atoms with Crippen LogP contribution in [0.1, 0.15) is 24.5 Å². The normalized spacial score (nSPS) is 21.8. The van der Waals surface area contributed by atoms with Crippen molar-refractivity contribution in [2.75, 3.05) is 11.9 Å². The molecule has 0 amide bonds. The molecule has 1 aliphatic rings. The van der Waals surface area contributed by atoms with Gasteiger partial charge in [-0.1, -0.05) is 42.5 Å². The highest BCUT2D eigenvalue weighted by molar-refractivity contribution is 5.77. The van der Waals surface area contributed by atoms with Gasteiger partial charge < -0.3 is 15.0 Å². The maximum Gasteiger partial charge on any atom is 0.201 e. The van der Waals surface area contributed by atoms with Gasteiger partial charge in [0.25, 0.3) is 0 Å². The molecule has 2 atom stereocenters. The second-order valence-electron chi connectivity index (χ2n) is 5.74. The summed E-state index contributed by atoms with van der Waals surface area (Å²) in [5.41, 5.74) is 3.31. The number of ether oxygens (including phenoxy) is 1. The number of aromatic nitrogens is 2. The van der Waals surface area contributed by atoms with Crippen molar-refractivity contribution < 1.29 is 4.74 Å². The quantitative estimate of drug-likeness (QED) is 0.770. The van der Waals surface area contributed by atoms with Crippen molar-refractivity contribution in [3.63, 3.8) is 0 Å². The lowest BCUT2D eigenvalue weighted by Gasteiger charge is -2.30. The summed E-state index contributed by atoms with van der Waals surface area (Å²) in [6, 6.07) is 18.9. The maximum absolute atomic E-state index is 5.92. The predicted molar refractivity (Wildman–Crippen MR) is 87.9 cm³/mol. The van der Waals surface area contributed by atoms with E-state index in [1.807, 2.05) is 30.3 Å². The molecule has 2 unspecified atom stereocenters. The van der Waals surface area contributed by atoms with Gasteiger partial charge in [-0.3, -0.25) is 0 Å². The number of benzene rings is 2. The van der Waals surface area contributed by atoms with E-state index in [0.29, 0.717) is 6.04 Å². The molecule has 0 spiro atoms. The van der Waals surface area contributed by atoms with Crippen LogP contribution >= 0.6 is 0 Å². The molecule has 0 aliphatic carbocycles. The van der Waals surface area contributed by atoms with Crippen molar-refractivity contribution >= 4 is 17.0 Å². The Hall–Kier alpha value is -2.33. The molecule has 2 heterocycles. The smallest absolute Gasteiger partial charge is 0.201 e. The van der Waals surface area contributed by atoms with E-state index < -0.39 is 0 Å². The molecule has 2 aromatic carbocycles. The minimum absolute atomic E-state index is 0.164. The van der Waals surface area contributed by atoms with Crippen LogP contribution in [0.15, 0.2) is 54.6 Å². The summed E-state index contributed by atoms with van der Waals surface area (Å²) in [4.78, 5) is 7.93. The fourth-order valence-electron chi connectivity index (χ4n) is 3.04. The van der Waals surface area contributed by atoms with Crippen LogP contribution in [0.3, 0.4) is 0 Å². The van der Waals surface area contributed by atoms with Crippen LogP contribution in [0.4, 0.5) is 5.95 Å². The topological polar surface area (TPSA) is 49.9 Å². The minimum Gasteiger partial charge on any atom is -0.373 e. The first-order chi connectivity index (χ1) is 10.9. The van der Waals surface area contributed by atoms with Gasteiger partial charge in [-0.05, 0) is 30.5 Å². The standard InChI is InChI=1S/C18H19N3O/c1-2-6-13(7-3-1)17-12-14(10-11-22-17)19-18-20-15-8-4-5-9-16(15)21-18/h1-9,14,17H,10-12H2,(H2,19,20,21). The molecular formula is C18H19N3O. The van der Waals surface area contributed by atoms with Crippen molar-refractivity contribution in [3.05, 3.63) is 60.2 Å². The van der Waals surface area contributed by atoms with E-state index in [0.717, 1.165) is 36.4 Å². The Morgan fingerprint density at radius 3 is 2.73 bits per heavy atom. The average molecular weight is 293 g/mol. The number of hydrogen-bond donors (Lipinski definition) is 2. The van der Waals surface area contributed by atoms with Gasteiger partial charge in [0.05, 0.1) is 17.1 Å². The van der Waals surface area contributed by atoms with Gasteiger partial charge in [-0.2, -0.15) is 0 Å². The highest BCUT2D eigenvalue weighted by Gasteiger charge is 2.24. The van der Waals surface area contributed by atoms with Gasteiger partial charge in [-0.25, -0.2) is 4.98 Å². The molecule has 2 N–H and O–H groups in total. The largest absolute Gasteiger partial charge is 0.373 e. The summed E-state index contributed by atoms with van der Waals surface area (Å²) < 4.78 is 5.92. The number of nitrogens with zero attached hydrogens (tertiary/aromatic N) is 1. The number of anilines is 1. The molecule has 1 saturated heterocycles. The summed E-state index contributed by atoms with van der Waals surface area (Å²) in [5.74, 6) is 0.847. The number of rotatable bonds is 3. The molecule has 0 radical (unpaired) electrons. The van der Waals surface area contributed by atoms with Crippen molar-refractivity contribution in [2.24, 2.45) is 0 Å². The SMILES string of the molecule is c1ccc(C2CC(Nc3nc4ccccc4[nH]3)CCO2)cc1. The Kier molecular flexibility index (Phi) is 3.52. The molecule has 1 fully saturated rings. The number of hydrogen-bond acceptors (Lipinski definition) is 3. The Balaban J connectivity index is 1.48. The Bertz CT molecular complexity index is 720. The van der Waals surface area contributed by atoms with Crippen molar-refractivity contribution in [1.82, 2.24) is 9.97 Å². The van der Waals surface area contributed by atoms with Gasteiger partial charge >= 0.3 is 0 Å². The number of para-hydroxylation sites is 2. The van der Waals surface area contributed by atoms with Crippen LogP contribution in [0.25, 0.3) is 11.0 Å². The lowest BCUT2D eigenvalue weighted by molar-refractivity contribution is 0.00970. The Morgan fingerprint density at radius 2 is 1.86 bits per heavy atom. The second kappa shape index (κ2) is 5.81. The first-order valence-corrected chi connectivity index (χ1v) is 7.76. The summed E-state index contributed by atoms with van der Waals surface area (Å²) in [5, 5.41) is 3.52. The monoisotopic (exact) mass is 293 g/mol. The molecular weight excluding hydrogens is 274 g/mol. The van der Waals surface area contributed by atoms with Gasteiger partial charge in [0.15, 0.2) is 0 Å². The van der Waals surface area contributed by atoms with Gasteiger partial charge in [0.2, 0.25) is 5.95 Å². The van der Waals surface area contributed by atoms with Crippen LogP contribution < -0.4 is 5.32 Å². The van der Waals surface area contributed by atoms with Crippen LogP contribution in [0.5, 0.6) is 0 Å². The zero-order valence-corrected chi connectivity index (χ0v) is 12.3. The molecule has 1 aliphatic heterocycles. The van der Waals surface area contributed by atoms with Crippen LogP contribution in [0.2, 0.25) is 0 Å². The molecule has 4 nitrogen and oxygen atoms in total. The van der Waals surface area contributed by atoms with Gasteiger partial charge in [-0.15, -0.1) is 0 Å². The second-order valence-corrected chi connectivity index (χ2v) is 5.74. The van der Waals surface area contributed by atoms with Gasteiger partial charge in [0, 0.05) is 12.6 Å². The zero-order chi connectivity index (χ0) is 14.8. The molecule has 3 aromatic rings. The van der Waals surface area contributed by atoms with E-state index in [1.54, 1.807) is 0 Å². The maximum atomic E-state index is 5.92. The summed E-state index contributed by atoms with van der Waals surface area (Å²) in [7, 11) is 0. The number of imidazole rings is 1. The average Bonchev–Trinajstić information content (AvgIpc) is 2.98. The third-order valence-electron chi connectivity index (χ3n) is 4.19. The molecule has 0 saturated carbocycles. The summed E-state index contributed by atoms with van der Waals surface area (Å²) in [6.07, 6.45) is 2.12. The van der Waals surface area contributed by atoms with E-state index in [4.69, 9.17) is 4.74 Å². The number of aromatic amines is 1. The molecule has 4 heteroatoms. The van der Waals surface area contributed by atoms with E-state index >= 15 is 0 Å². The van der Waals surface area contributed by atoms with Crippen LogP contribution in [-0.4, -0.2) is 22.6 Å². The molecule has 1 aromatic heterocycles. The fraction of sp³-hybridized carbons (Fsp3) is 0.278. The first-order valence-electron chi connectivity index (χ1n) is 7.76. The number of H-pyrrole nitrogens is 1. The molecule has 22 heavy (non-hydrogen) atoms. The summed E-state index contributed by atoms with van der Waals surface area (Å²) >= 11 is 0. The highest BCUT2D eigenvalue weighted by Crippen LogP contribution is 2.29. The van der Waals surface area contributed by atoms with Crippen molar-refractivity contribution in [2.45, 2.75) is 25.0 Å². The Morgan fingerprint density at radius 1 is 1.05 bits per heavy atom. The lowest BCUT2D eigenvalue weighted by atomic mass is 9.98. The third kappa shape index (κ3) is 2.70. The highest BCUT2D eigenvalue weighted by atomic mass is 16.5. The lowest BCUT2D eigenvalue weighted by Crippen LogP contribution is -2.30. The Labute approximate surface area is 129 Å². The van der Waals surface area contributed by atoms with E-state index in [1.165, 1.54) is 5.56 Å². The number of fused-ring (bicyclic) bond motifs is 1. The molecule has 0 bridgehead atoms. The van der Waals surface area contributed by atoms with Crippen LogP contribution in [-0.2, 0) is 4.74 Å². The van der Waals surface area contributed by atoms with Gasteiger partial charge in [0.1, 0.15) is 0 Å². The first kappa shape index (κ1) is 13.3. The summed E-state index contributed by atoms with van der Waals surface area (Å²) in [6.45, 7) is 0.775. The van der Waals surface area contributed by atoms with Crippen LogP contribution in [0, 0.1) is 0 Å². The zero-order valence-electron chi connectivity index (χ0n) is 12.3. The minimum atomic E-state index is 0.164. The predicted octanol–water partition coefficient (Wildman–Crippen LogP) is 3.90. The molecule has 112 valence electrons. The van der Waals surface area contributed by atoms with E-state index in [9.17, 15) is 0 Å².